The number of hydrogen-bond donors (Lipinski definition) is 1. The molecule has 2 aromatic rings. The number of nitrogens with zero attached hydrogens (tertiary/aromatic N) is 1. The van der Waals surface area contributed by atoms with Gasteiger partial charge in [-0.25, -0.2) is 0 Å². The lowest BCUT2D eigenvalue weighted by Crippen LogP contribution is -3.13. The lowest BCUT2D eigenvalue weighted by molar-refractivity contribution is -0.914. The van der Waals surface area contributed by atoms with Gasteiger partial charge < -0.3 is 19.3 Å². The molecule has 1 aliphatic heterocycles. The summed E-state index contributed by atoms with van der Waals surface area (Å²) in [6, 6.07) is 12.7. The van der Waals surface area contributed by atoms with Crippen molar-refractivity contribution in [3.05, 3.63) is 52.0 Å². The highest BCUT2D eigenvalue weighted by Crippen LogP contribution is 2.32. The molecule has 1 saturated heterocycles. The molecule has 0 amide bonds. The molecule has 134 valence electrons. The predicted octanol–water partition coefficient (Wildman–Crippen LogP) is 2.68. The maximum Gasteiger partial charge on any atom is 0.133 e. The van der Waals surface area contributed by atoms with E-state index in [1.165, 1.54) is 16.8 Å². The maximum atomic E-state index is 5.56. The average molecular weight is 406 g/mol. The van der Waals surface area contributed by atoms with Crippen LogP contribution in [0.1, 0.15) is 11.1 Å². The van der Waals surface area contributed by atoms with Gasteiger partial charge in [0.05, 0.1) is 50.4 Å². The van der Waals surface area contributed by atoms with Gasteiger partial charge in [0, 0.05) is 5.69 Å². The van der Waals surface area contributed by atoms with E-state index in [4.69, 9.17) is 9.47 Å². The Balaban J connectivity index is 1.67. The van der Waals surface area contributed by atoms with E-state index >= 15 is 0 Å². The molecule has 4 nitrogen and oxygen atoms in total. The molecule has 3 rings (SSSR count). The second-order valence-corrected chi connectivity index (χ2v) is 7.35. The van der Waals surface area contributed by atoms with Crippen LogP contribution in [0.15, 0.2) is 40.9 Å². The number of ether oxygens (including phenoxy) is 2. The summed E-state index contributed by atoms with van der Waals surface area (Å²) in [7, 11) is 3.42. The lowest BCUT2D eigenvalue weighted by atomic mass is 10.1. The highest BCUT2D eigenvalue weighted by atomic mass is 79.9. The Morgan fingerprint density at radius 2 is 1.72 bits per heavy atom. The molecule has 0 aromatic heterocycles. The summed E-state index contributed by atoms with van der Waals surface area (Å²) in [5.74, 6) is 1.77. The summed E-state index contributed by atoms with van der Waals surface area (Å²) >= 11 is 3.53. The first kappa shape index (κ1) is 18.1. The van der Waals surface area contributed by atoms with Crippen molar-refractivity contribution in [3.63, 3.8) is 0 Å². The van der Waals surface area contributed by atoms with Gasteiger partial charge in [-0.05, 0) is 46.6 Å². The number of halogens is 1. The maximum absolute atomic E-state index is 5.56. The molecule has 0 unspecified atom stereocenters. The molecule has 0 radical (unpaired) electrons. The van der Waals surface area contributed by atoms with E-state index in [1.54, 1.807) is 19.1 Å². The summed E-state index contributed by atoms with van der Waals surface area (Å²) in [5.41, 5.74) is 3.91. The minimum atomic E-state index is 0.855. The van der Waals surface area contributed by atoms with E-state index in [-0.39, 0.29) is 0 Å². The van der Waals surface area contributed by atoms with Crippen LogP contribution in [-0.2, 0) is 6.54 Å². The molecule has 1 N–H and O–H groups in total. The fourth-order valence-electron chi connectivity index (χ4n) is 3.49. The summed E-state index contributed by atoms with van der Waals surface area (Å²) in [6.07, 6.45) is 0. The first-order valence-corrected chi connectivity index (χ1v) is 9.46. The zero-order valence-corrected chi connectivity index (χ0v) is 16.7. The Morgan fingerprint density at radius 1 is 1.04 bits per heavy atom. The summed E-state index contributed by atoms with van der Waals surface area (Å²) in [4.78, 5) is 4.07. The minimum Gasteiger partial charge on any atom is -0.496 e. The molecule has 1 fully saturated rings. The highest BCUT2D eigenvalue weighted by molar-refractivity contribution is 9.10. The van der Waals surface area contributed by atoms with E-state index in [9.17, 15) is 0 Å². The molecule has 0 spiro atoms. The van der Waals surface area contributed by atoms with Crippen LogP contribution in [0.2, 0.25) is 0 Å². The Morgan fingerprint density at radius 3 is 2.36 bits per heavy atom. The van der Waals surface area contributed by atoms with Gasteiger partial charge in [-0.15, -0.1) is 0 Å². The van der Waals surface area contributed by atoms with Crippen molar-refractivity contribution in [1.29, 1.82) is 0 Å². The molecule has 0 saturated carbocycles. The number of piperazine rings is 1. The van der Waals surface area contributed by atoms with E-state index in [0.29, 0.717) is 0 Å². The smallest absolute Gasteiger partial charge is 0.133 e. The number of benzene rings is 2. The Bertz CT molecular complexity index is 728. The van der Waals surface area contributed by atoms with E-state index < -0.39 is 0 Å². The standard InChI is InChI=1S/C20H25BrN2O2/c1-15-6-4-5-7-18(15)23-10-8-22(9-11-23)14-16-12-20(25-3)17(21)13-19(16)24-2/h4-7,12-13H,8-11,14H2,1-3H3/p+1. The first-order valence-electron chi connectivity index (χ1n) is 8.67. The van der Waals surface area contributed by atoms with Gasteiger partial charge in [-0.2, -0.15) is 0 Å². The number of rotatable bonds is 5. The van der Waals surface area contributed by atoms with Gasteiger partial charge in [0.15, 0.2) is 0 Å². The molecule has 0 atom stereocenters. The van der Waals surface area contributed by atoms with Gasteiger partial charge in [-0.3, -0.25) is 0 Å². The largest absolute Gasteiger partial charge is 0.496 e. The number of nitrogens with one attached hydrogen (secondary N) is 1. The van der Waals surface area contributed by atoms with Crippen LogP contribution in [0.5, 0.6) is 11.5 Å². The van der Waals surface area contributed by atoms with Crippen LogP contribution in [0.3, 0.4) is 0 Å². The third-order valence-corrected chi connectivity index (χ3v) is 5.54. The van der Waals surface area contributed by atoms with Gasteiger partial charge in [0.25, 0.3) is 0 Å². The fourth-order valence-corrected chi connectivity index (χ4v) is 3.97. The SMILES string of the molecule is COc1cc(C[NH+]2CCN(c3ccccc3C)CC2)c(OC)cc1Br. The van der Waals surface area contributed by atoms with Crippen LogP contribution in [0.25, 0.3) is 0 Å². The van der Waals surface area contributed by atoms with Gasteiger partial charge in [-0.1, -0.05) is 18.2 Å². The Kier molecular flexibility index (Phi) is 5.86. The number of aryl methyl sites for hydroxylation is 1. The van der Waals surface area contributed by atoms with Crippen LogP contribution in [0, 0.1) is 6.92 Å². The average Bonchev–Trinajstić information content (AvgIpc) is 2.64. The second-order valence-electron chi connectivity index (χ2n) is 6.50. The van der Waals surface area contributed by atoms with Crippen molar-refractivity contribution in [2.45, 2.75) is 13.5 Å². The van der Waals surface area contributed by atoms with Crippen molar-refractivity contribution in [2.75, 3.05) is 45.3 Å². The topological polar surface area (TPSA) is 26.1 Å². The van der Waals surface area contributed by atoms with Gasteiger partial charge >= 0.3 is 0 Å². The minimum absolute atomic E-state index is 0.855. The Labute approximate surface area is 158 Å². The normalized spacial score (nSPS) is 15.3. The zero-order chi connectivity index (χ0) is 17.8. The number of methoxy groups -OCH3 is 2. The number of anilines is 1. The van der Waals surface area contributed by atoms with Crippen LogP contribution in [0.4, 0.5) is 5.69 Å². The van der Waals surface area contributed by atoms with Crippen molar-refractivity contribution in [3.8, 4) is 11.5 Å². The van der Waals surface area contributed by atoms with E-state index in [2.05, 4.69) is 58.1 Å². The summed E-state index contributed by atoms with van der Waals surface area (Å²) in [6.45, 7) is 7.54. The van der Waals surface area contributed by atoms with Crippen LogP contribution in [-0.4, -0.2) is 40.4 Å². The van der Waals surface area contributed by atoms with E-state index in [1.807, 2.05) is 6.07 Å². The third-order valence-electron chi connectivity index (χ3n) is 4.92. The predicted molar refractivity (Wildman–Crippen MR) is 105 cm³/mol. The molecule has 5 heteroatoms. The molecule has 1 aliphatic rings. The molecule has 1 heterocycles. The summed E-state index contributed by atoms with van der Waals surface area (Å²) in [5, 5.41) is 0. The quantitative estimate of drug-likeness (QED) is 0.827. The van der Waals surface area contributed by atoms with Crippen molar-refractivity contribution >= 4 is 21.6 Å². The van der Waals surface area contributed by atoms with Crippen molar-refractivity contribution < 1.29 is 14.4 Å². The first-order chi connectivity index (χ1) is 12.1. The molecular formula is C20H26BrN2O2+. The fraction of sp³-hybridized carbons (Fsp3) is 0.400. The number of quaternary nitrogens is 1. The van der Waals surface area contributed by atoms with Crippen LogP contribution < -0.4 is 19.3 Å². The van der Waals surface area contributed by atoms with Crippen LogP contribution >= 0.6 is 15.9 Å². The zero-order valence-electron chi connectivity index (χ0n) is 15.1. The highest BCUT2D eigenvalue weighted by Gasteiger charge is 2.23. The lowest BCUT2D eigenvalue weighted by Gasteiger charge is -2.34. The molecular weight excluding hydrogens is 380 g/mol. The second kappa shape index (κ2) is 8.11. The summed E-state index contributed by atoms with van der Waals surface area (Å²) < 4.78 is 11.9. The van der Waals surface area contributed by atoms with Crippen molar-refractivity contribution in [2.24, 2.45) is 0 Å². The van der Waals surface area contributed by atoms with Gasteiger partial charge in [0.2, 0.25) is 0 Å². The number of hydrogen-bond acceptors (Lipinski definition) is 3. The molecule has 0 aliphatic carbocycles. The van der Waals surface area contributed by atoms with Gasteiger partial charge in [0.1, 0.15) is 18.0 Å². The van der Waals surface area contributed by atoms with E-state index in [0.717, 1.165) is 48.7 Å². The Hall–Kier alpha value is -1.72. The molecule has 2 aromatic carbocycles. The third kappa shape index (κ3) is 4.10. The molecule has 0 bridgehead atoms. The molecule has 25 heavy (non-hydrogen) atoms. The van der Waals surface area contributed by atoms with Crippen molar-refractivity contribution in [1.82, 2.24) is 0 Å². The number of para-hydroxylation sites is 1. The monoisotopic (exact) mass is 405 g/mol.